The third-order valence-corrected chi connectivity index (χ3v) is 4.93. The van der Waals surface area contributed by atoms with Crippen LogP contribution in [0.5, 0.6) is 0 Å². The number of halogens is 1. The van der Waals surface area contributed by atoms with Gasteiger partial charge in [-0.1, -0.05) is 13.8 Å². The van der Waals surface area contributed by atoms with Gasteiger partial charge in [0.15, 0.2) is 5.96 Å². The molecule has 3 N–H and O–H groups in total. The Kier molecular flexibility index (Phi) is 13.4. The molecule has 1 atom stereocenters. The number of nitrogens with zero attached hydrogens (tertiary/aromatic N) is 2. The van der Waals surface area contributed by atoms with Crippen LogP contribution in [-0.4, -0.2) is 49.8 Å². The Hall–Kier alpha value is -1.10. The van der Waals surface area contributed by atoms with Crippen molar-refractivity contribution in [2.24, 2.45) is 10.9 Å². The summed E-state index contributed by atoms with van der Waals surface area (Å²) in [5.41, 5.74) is 1.11. The van der Waals surface area contributed by atoms with Gasteiger partial charge in [-0.25, -0.2) is 9.78 Å². The van der Waals surface area contributed by atoms with Gasteiger partial charge >= 0.3 is 6.09 Å². The molecule has 0 saturated carbocycles. The maximum atomic E-state index is 11.7. The number of carbonyl (C=O) groups excluding carboxylic acids is 1. The Bertz CT molecular complexity index is 573. The van der Waals surface area contributed by atoms with E-state index in [1.807, 2.05) is 6.92 Å². The SMILES string of the molecule is CCOC(=O)NC(CNC(=NC)NCCc1nc(C)c(C)s1)CC(C)C.I. The van der Waals surface area contributed by atoms with E-state index in [0.717, 1.165) is 36.0 Å². The van der Waals surface area contributed by atoms with Crippen molar-refractivity contribution in [3.05, 3.63) is 15.6 Å². The molecule has 1 aromatic heterocycles. The molecule has 0 bridgehead atoms. The lowest BCUT2D eigenvalue weighted by Gasteiger charge is -2.22. The fourth-order valence-electron chi connectivity index (χ4n) is 2.48. The van der Waals surface area contributed by atoms with Gasteiger partial charge in [-0.05, 0) is 33.1 Å². The second-order valence-corrected chi connectivity index (χ2v) is 7.86. The molecule has 0 saturated heterocycles. The highest BCUT2D eigenvalue weighted by atomic mass is 127. The molecule has 156 valence electrons. The number of rotatable bonds is 9. The summed E-state index contributed by atoms with van der Waals surface area (Å²) in [5.74, 6) is 1.18. The molecule has 0 aliphatic rings. The maximum Gasteiger partial charge on any atom is 0.407 e. The Labute approximate surface area is 184 Å². The first-order chi connectivity index (χ1) is 12.3. The summed E-state index contributed by atoms with van der Waals surface area (Å²) in [7, 11) is 1.74. The van der Waals surface area contributed by atoms with Crippen LogP contribution < -0.4 is 16.0 Å². The number of aliphatic imine (C=N–C) groups is 1. The zero-order valence-electron chi connectivity index (χ0n) is 17.2. The normalized spacial score (nSPS) is 12.3. The molecule has 0 radical (unpaired) electrons. The summed E-state index contributed by atoms with van der Waals surface area (Å²) in [6.07, 6.45) is 1.34. The average molecular weight is 511 g/mol. The second kappa shape index (κ2) is 14.0. The number of hydrogen-bond acceptors (Lipinski definition) is 5. The Morgan fingerprint density at radius 3 is 2.52 bits per heavy atom. The largest absolute Gasteiger partial charge is 0.450 e. The third-order valence-electron chi connectivity index (χ3n) is 3.80. The molecule has 27 heavy (non-hydrogen) atoms. The average Bonchev–Trinajstić information content (AvgIpc) is 2.88. The molecule has 1 aromatic rings. The minimum absolute atomic E-state index is 0. The number of amides is 1. The molecule has 1 amide bonds. The number of nitrogens with one attached hydrogen (secondary N) is 3. The number of thiazole rings is 1. The van der Waals surface area contributed by atoms with E-state index in [0.29, 0.717) is 19.1 Å². The van der Waals surface area contributed by atoms with E-state index < -0.39 is 0 Å². The highest BCUT2D eigenvalue weighted by Crippen LogP contribution is 2.16. The third kappa shape index (κ3) is 10.7. The van der Waals surface area contributed by atoms with Crippen LogP contribution in [-0.2, 0) is 11.2 Å². The van der Waals surface area contributed by atoms with Crippen molar-refractivity contribution >= 4 is 47.4 Å². The molecule has 7 nitrogen and oxygen atoms in total. The predicted octanol–water partition coefficient (Wildman–Crippen LogP) is 3.25. The van der Waals surface area contributed by atoms with Crippen molar-refractivity contribution in [1.82, 2.24) is 20.9 Å². The summed E-state index contributed by atoms with van der Waals surface area (Å²) in [6.45, 7) is 11.9. The lowest BCUT2D eigenvalue weighted by molar-refractivity contribution is 0.146. The number of guanidine groups is 1. The number of alkyl carbamates (subject to hydrolysis) is 1. The number of ether oxygens (including phenoxy) is 1. The van der Waals surface area contributed by atoms with E-state index >= 15 is 0 Å². The van der Waals surface area contributed by atoms with Crippen molar-refractivity contribution in [3.8, 4) is 0 Å². The van der Waals surface area contributed by atoms with Crippen molar-refractivity contribution in [3.63, 3.8) is 0 Å². The lowest BCUT2D eigenvalue weighted by atomic mass is 10.0. The van der Waals surface area contributed by atoms with Crippen molar-refractivity contribution < 1.29 is 9.53 Å². The van der Waals surface area contributed by atoms with Gasteiger partial charge < -0.3 is 20.7 Å². The molecule has 1 rings (SSSR count). The summed E-state index contributed by atoms with van der Waals surface area (Å²) >= 11 is 1.74. The smallest absolute Gasteiger partial charge is 0.407 e. The molecule has 0 spiro atoms. The molecule has 0 aromatic carbocycles. The Morgan fingerprint density at radius 2 is 2.00 bits per heavy atom. The molecule has 1 heterocycles. The molecule has 0 fully saturated rings. The van der Waals surface area contributed by atoms with Gasteiger partial charge in [0.1, 0.15) is 0 Å². The zero-order chi connectivity index (χ0) is 19.5. The van der Waals surface area contributed by atoms with Crippen LogP contribution in [0.25, 0.3) is 0 Å². The fraction of sp³-hybridized carbons (Fsp3) is 0.722. The predicted molar refractivity (Wildman–Crippen MR) is 123 cm³/mol. The van der Waals surface area contributed by atoms with Crippen molar-refractivity contribution in [1.29, 1.82) is 0 Å². The summed E-state index contributed by atoms with van der Waals surface area (Å²) < 4.78 is 4.98. The Morgan fingerprint density at radius 1 is 1.30 bits per heavy atom. The van der Waals surface area contributed by atoms with E-state index in [9.17, 15) is 4.79 Å². The second-order valence-electron chi connectivity index (χ2n) is 6.57. The quantitative estimate of drug-likeness (QED) is 0.269. The first kappa shape index (κ1) is 25.9. The van der Waals surface area contributed by atoms with Crippen LogP contribution in [0, 0.1) is 19.8 Å². The molecule has 0 aliphatic heterocycles. The van der Waals surface area contributed by atoms with Gasteiger partial charge in [-0.2, -0.15) is 0 Å². The summed E-state index contributed by atoms with van der Waals surface area (Å²) in [6, 6.07) is -0.0168. The number of aryl methyl sites for hydroxylation is 2. The van der Waals surface area contributed by atoms with Gasteiger partial charge in [-0.15, -0.1) is 35.3 Å². The van der Waals surface area contributed by atoms with Crippen molar-refractivity contribution in [2.45, 2.75) is 53.5 Å². The molecule has 9 heteroatoms. The molecule has 1 unspecified atom stereocenters. The number of carbonyl (C=O) groups is 1. The summed E-state index contributed by atoms with van der Waals surface area (Å²) in [4.78, 5) is 21.8. The highest BCUT2D eigenvalue weighted by Gasteiger charge is 2.15. The van der Waals surface area contributed by atoms with E-state index in [-0.39, 0.29) is 36.1 Å². The number of aromatic nitrogens is 1. The topological polar surface area (TPSA) is 87.6 Å². The lowest BCUT2D eigenvalue weighted by Crippen LogP contribution is -2.48. The van der Waals surface area contributed by atoms with Crippen LogP contribution in [0.3, 0.4) is 0 Å². The fourth-order valence-corrected chi connectivity index (χ4v) is 3.41. The van der Waals surface area contributed by atoms with E-state index in [1.165, 1.54) is 4.88 Å². The molecular formula is C18H34IN5O2S. The molecular weight excluding hydrogens is 477 g/mol. The minimum atomic E-state index is -0.377. The van der Waals surface area contributed by atoms with Gasteiger partial charge in [-0.3, -0.25) is 4.99 Å². The van der Waals surface area contributed by atoms with Gasteiger partial charge in [0.2, 0.25) is 0 Å². The van der Waals surface area contributed by atoms with Gasteiger partial charge in [0.05, 0.1) is 17.3 Å². The van der Waals surface area contributed by atoms with Gasteiger partial charge in [0.25, 0.3) is 0 Å². The van der Waals surface area contributed by atoms with Crippen LogP contribution >= 0.6 is 35.3 Å². The van der Waals surface area contributed by atoms with Gasteiger partial charge in [0, 0.05) is 37.5 Å². The van der Waals surface area contributed by atoms with Crippen LogP contribution in [0.2, 0.25) is 0 Å². The van der Waals surface area contributed by atoms with Crippen molar-refractivity contribution in [2.75, 3.05) is 26.7 Å². The monoisotopic (exact) mass is 511 g/mol. The Balaban J connectivity index is 0.00000676. The van der Waals surface area contributed by atoms with E-state index in [4.69, 9.17) is 4.74 Å². The van der Waals surface area contributed by atoms with Crippen LogP contribution in [0.15, 0.2) is 4.99 Å². The van der Waals surface area contributed by atoms with E-state index in [2.05, 4.69) is 46.7 Å². The first-order valence-corrected chi connectivity index (χ1v) is 9.98. The summed E-state index contributed by atoms with van der Waals surface area (Å²) in [5, 5.41) is 10.6. The van der Waals surface area contributed by atoms with Crippen LogP contribution in [0.1, 0.15) is 42.8 Å². The standard InChI is InChI=1S/C18H33N5O2S.HI/c1-7-25-18(24)23-15(10-12(2)3)11-21-17(19-6)20-9-8-16-22-13(4)14(5)26-16;/h12,15H,7-11H2,1-6H3,(H,23,24)(H2,19,20,21);1H. The minimum Gasteiger partial charge on any atom is -0.450 e. The maximum absolute atomic E-state index is 11.7. The zero-order valence-corrected chi connectivity index (χ0v) is 20.4. The molecule has 0 aliphatic carbocycles. The number of hydrogen-bond donors (Lipinski definition) is 3. The highest BCUT2D eigenvalue weighted by molar-refractivity contribution is 14.0. The van der Waals surface area contributed by atoms with E-state index in [1.54, 1.807) is 25.3 Å². The first-order valence-electron chi connectivity index (χ1n) is 9.16. The van der Waals surface area contributed by atoms with Crippen LogP contribution in [0.4, 0.5) is 4.79 Å².